The third-order valence-corrected chi connectivity index (χ3v) is 6.26. The number of benzene rings is 2. The summed E-state index contributed by atoms with van der Waals surface area (Å²) in [6, 6.07) is 15.2. The van der Waals surface area contributed by atoms with Crippen LogP contribution in [0.2, 0.25) is 10.0 Å². The number of nitrogens with one attached hydrogen (secondary N) is 2. The predicted molar refractivity (Wildman–Crippen MR) is 145 cm³/mol. The molecule has 2 aromatic carbocycles. The van der Waals surface area contributed by atoms with Crippen molar-refractivity contribution in [1.29, 1.82) is 5.53 Å². The summed E-state index contributed by atoms with van der Waals surface area (Å²) >= 11 is 12.4. The van der Waals surface area contributed by atoms with E-state index in [1.165, 1.54) is 5.56 Å². The summed E-state index contributed by atoms with van der Waals surface area (Å²) in [5.41, 5.74) is 17.4. The molecule has 0 unspecified atom stereocenters. The van der Waals surface area contributed by atoms with Crippen molar-refractivity contribution in [2.45, 2.75) is 6.54 Å². The Morgan fingerprint density at radius 1 is 1.06 bits per heavy atom. The van der Waals surface area contributed by atoms with Gasteiger partial charge in [0, 0.05) is 45.6 Å². The van der Waals surface area contributed by atoms with Gasteiger partial charge in [0.2, 0.25) is 0 Å². The van der Waals surface area contributed by atoms with Crippen LogP contribution in [-0.4, -0.2) is 56.2 Å². The van der Waals surface area contributed by atoms with Crippen LogP contribution < -0.4 is 11.1 Å². The molecule has 0 saturated carbocycles. The fourth-order valence-electron chi connectivity index (χ4n) is 3.52. The molecule has 0 bridgehead atoms. The lowest BCUT2D eigenvalue weighted by molar-refractivity contribution is 0.110. The first-order chi connectivity index (χ1) is 17.5. The van der Waals surface area contributed by atoms with E-state index in [1.54, 1.807) is 38.6 Å². The summed E-state index contributed by atoms with van der Waals surface area (Å²) in [7, 11) is 3.40. The number of halogens is 2. The van der Waals surface area contributed by atoms with Gasteiger partial charge in [-0.25, -0.2) is 4.98 Å². The molecule has 11 heteroatoms. The van der Waals surface area contributed by atoms with E-state index in [-0.39, 0.29) is 11.7 Å². The highest BCUT2D eigenvalue weighted by Gasteiger charge is 2.15. The second-order valence-electron chi connectivity index (χ2n) is 7.89. The summed E-state index contributed by atoms with van der Waals surface area (Å²) in [4.78, 5) is 6.62. The molecule has 9 nitrogen and oxygen atoms in total. The molecule has 36 heavy (non-hydrogen) atoms. The molecular formula is C25H29Cl2N7O2. The van der Waals surface area contributed by atoms with Gasteiger partial charge in [-0.3, -0.25) is 4.90 Å². The number of hydrogen-bond acceptors (Lipinski definition) is 7. The number of methoxy groups -OCH3 is 2. The van der Waals surface area contributed by atoms with Crippen LogP contribution >= 0.6 is 23.2 Å². The summed E-state index contributed by atoms with van der Waals surface area (Å²) in [5.74, 6) is 0.458. The molecule has 0 radical (unpaired) electrons. The average Bonchev–Trinajstić information content (AvgIpc) is 2.89. The van der Waals surface area contributed by atoms with E-state index in [4.69, 9.17) is 43.9 Å². The zero-order valence-corrected chi connectivity index (χ0v) is 21.7. The molecule has 0 aliphatic carbocycles. The van der Waals surface area contributed by atoms with Gasteiger partial charge in [-0.05, 0) is 29.3 Å². The molecule has 4 N–H and O–H groups in total. The minimum Gasteiger partial charge on any atom is -0.383 e. The van der Waals surface area contributed by atoms with E-state index >= 15 is 0 Å². The second-order valence-corrected chi connectivity index (χ2v) is 8.68. The summed E-state index contributed by atoms with van der Waals surface area (Å²) < 4.78 is 10.5. The number of hydrogen-bond donors (Lipinski definition) is 3. The predicted octanol–water partition coefficient (Wildman–Crippen LogP) is 5.54. The maximum Gasteiger partial charge on any atom is 0.165 e. The largest absolute Gasteiger partial charge is 0.383 e. The Morgan fingerprint density at radius 2 is 1.75 bits per heavy atom. The van der Waals surface area contributed by atoms with Crippen LogP contribution in [0.1, 0.15) is 11.1 Å². The molecule has 190 valence electrons. The van der Waals surface area contributed by atoms with E-state index in [2.05, 4.69) is 37.7 Å². The molecule has 0 saturated heterocycles. The highest BCUT2D eigenvalue weighted by atomic mass is 35.5. The van der Waals surface area contributed by atoms with Crippen LogP contribution in [0, 0.1) is 5.53 Å². The van der Waals surface area contributed by atoms with E-state index in [1.807, 2.05) is 18.2 Å². The Balaban J connectivity index is 1.84. The van der Waals surface area contributed by atoms with Crippen molar-refractivity contribution >= 4 is 40.5 Å². The monoisotopic (exact) mass is 529 g/mol. The topological polar surface area (TPSA) is 121 Å². The van der Waals surface area contributed by atoms with Gasteiger partial charge in [-0.15, -0.1) is 5.10 Å². The number of ether oxygens (including phenoxy) is 2. The molecule has 0 fully saturated rings. The molecule has 0 amide bonds. The number of nitrogens with two attached hydrogens (primary N) is 1. The van der Waals surface area contributed by atoms with Gasteiger partial charge in [0.15, 0.2) is 5.84 Å². The Hall–Kier alpha value is -3.08. The van der Waals surface area contributed by atoms with Crippen LogP contribution in [-0.2, 0) is 16.0 Å². The highest BCUT2D eigenvalue weighted by Crippen LogP contribution is 2.31. The maximum absolute atomic E-state index is 7.25. The van der Waals surface area contributed by atoms with E-state index < -0.39 is 0 Å². The van der Waals surface area contributed by atoms with Gasteiger partial charge in [0.25, 0.3) is 0 Å². The Morgan fingerprint density at radius 3 is 2.39 bits per heavy atom. The first-order valence-electron chi connectivity index (χ1n) is 11.2. The Kier molecular flexibility index (Phi) is 10.6. The highest BCUT2D eigenvalue weighted by molar-refractivity contribution is 6.44. The fourth-order valence-corrected chi connectivity index (χ4v) is 3.87. The molecule has 1 heterocycles. The first kappa shape index (κ1) is 27.5. The number of nitrogen functional groups attached to an aromatic ring is 1. The molecule has 3 aromatic rings. The minimum absolute atomic E-state index is 0.226. The van der Waals surface area contributed by atoms with Crippen LogP contribution in [0.25, 0.3) is 11.1 Å². The van der Waals surface area contributed by atoms with Crippen molar-refractivity contribution in [2.24, 2.45) is 10.3 Å². The lowest BCUT2D eigenvalue weighted by atomic mass is 10.0. The van der Waals surface area contributed by atoms with Crippen LogP contribution in [0.3, 0.4) is 0 Å². The normalized spacial score (nSPS) is 11.6. The van der Waals surface area contributed by atoms with Gasteiger partial charge in [-0.2, -0.15) is 5.53 Å². The zero-order chi connectivity index (χ0) is 25.9. The third kappa shape index (κ3) is 7.46. The minimum atomic E-state index is 0.226. The number of rotatable bonds is 12. The third-order valence-electron chi connectivity index (χ3n) is 5.45. The van der Waals surface area contributed by atoms with E-state index in [0.29, 0.717) is 34.5 Å². The number of nitrogens with zero attached hydrogens (tertiary/aromatic N) is 4. The standard InChI is InChI=1S/C25H29Cl2N7O2/c1-35-12-10-34(11-13-36-2)16-17-6-8-18(9-7-17)19-14-20(24(28)30-15-19)25(32-33-29)31-22-5-3-4-21(26)23(22)27/h3-9,14-15H,10-13,16H2,1-2H3,(H2,28,30)(H2,29,31,32). The Bertz CT molecular complexity index is 1180. The van der Waals surface area contributed by atoms with Crippen molar-refractivity contribution in [3.05, 3.63) is 75.9 Å². The smallest absolute Gasteiger partial charge is 0.165 e. The molecule has 0 spiro atoms. The molecule has 1 aromatic heterocycles. The SMILES string of the molecule is COCCN(CCOC)Cc1ccc(-c2cnc(N)c(/C(=N/N=N)Nc3cccc(Cl)c3Cl)c2)cc1. The van der Waals surface area contributed by atoms with E-state index in [0.717, 1.165) is 30.8 Å². The lowest BCUT2D eigenvalue weighted by Crippen LogP contribution is -2.30. The van der Waals surface area contributed by atoms with Gasteiger partial charge in [-0.1, -0.05) is 58.8 Å². The fraction of sp³-hybridized carbons (Fsp3) is 0.280. The molecule has 3 rings (SSSR count). The van der Waals surface area contributed by atoms with Crippen molar-refractivity contribution in [3.63, 3.8) is 0 Å². The second kappa shape index (κ2) is 13.9. The summed E-state index contributed by atoms with van der Waals surface area (Å²) in [5, 5.41) is 10.8. The van der Waals surface area contributed by atoms with E-state index in [9.17, 15) is 0 Å². The maximum atomic E-state index is 7.25. The molecular weight excluding hydrogens is 501 g/mol. The molecule has 0 aliphatic heterocycles. The quantitative estimate of drug-likeness (QED) is 0.122. The number of anilines is 2. The van der Waals surface area contributed by atoms with Crippen molar-refractivity contribution in [1.82, 2.24) is 9.88 Å². The summed E-state index contributed by atoms with van der Waals surface area (Å²) in [6.07, 6.45) is 1.69. The first-order valence-corrected chi connectivity index (χ1v) is 11.9. The van der Waals surface area contributed by atoms with Crippen molar-refractivity contribution in [2.75, 3.05) is 51.6 Å². The number of aromatic nitrogens is 1. The van der Waals surface area contributed by atoms with Gasteiger partial charge < -0.3 is 20.5 Å². The van der Waals surface area contributed by atoms with Crippen molar-refractivity contribution < 1.29 is 9.47 Å². The summed E-state index contributed by atoms with van der Waals surface area (Å²) in [6.45, 7) is 3.74. The average molecular weight is 530 g/mol. The van der Waals surface area contributed by atoms with Crippen LogP contribution in [0.5, 0.6) is 0 Å². The van der Waals surface area contributed by atoms with Crippen LogP contribution in [0.15, 0.2) is 65.1 Å². The number of pyridine rings is 1. The number of amidine groups is 1. The lowest BCUT2D eigenvalue weighted by Gasteiger charge is -2.21. The van der Waals surface area contributed by atoms with Gasteiger partial charge >= 0.3 is 0 Å². The zero-order valence-electron chi connectivity index (χ0n) is 20.2. The van der Waals surface area contributed by atoms with Crippen molar-refractivity contribution in [3.8, 4) is 11.1 Å². The Labute approximate surface area is 220 Å². The molecule has 0 aliphatic rings. The van der Waals surface area contributed by atoms with Gasteiger partial charge in [0.1, 0.15) is 5.82 Å². The van der Waals surface area contributed by atoms with Gasteiger partial charge in [0.05, 0.1) is 34.5 Å². The van der Waals surface area contributed by atoms with Crippen LogP contribution in [0.4, 0.5) is 11.5 Å². The molecule has 0 atom stereocenters.